The molecule has 0 atom stereocenters. The summed E-state index contributed by atoms with van der Waals surface area (Å²) < 4.78 is 48.1. The van der Waals surface area contributed by atoms with Gasteiger partial charge in [0.25, 0.3) is 0 Å². The Kier molecular flexibility index (Phi) is 30.9. The van der Waals surface area contributed by atoms with Gasteiger partial charge in [0.1, 0.15) is 91.0 Å². The average Bonchev–Trinajstić information content (AvgIpc) is 1.65. The number of rotatable bonds is 26. The molecule has 21 rings (SSSR count). The van der Waals surface area contributed by atoms with Gasteiger partial charge in [-0.05, 0) is 277 Å². The number of pyridine rings is 6. The summed E-state index contributed by atoms with van der Waals surface area (Å²) in [5.74, 6) is -6.28. The molecule has 0 fully saturated rings. The molecule has 8 aromatic carbocycles. The van der Waals surface area contributed by atoms with Gasteiger partial charge in [-0.25, -0.2) is 67.5 Å². The molecule has 0 bridgehead atoms. The van der Waals surface area contributed by atoms with Gasteiger partial charge in [-0.2, -0.15) is 0 Å². The van der Waals surface area contributed by atoms with Crippen molar-refractivity contribution < 1.29 is 77.3 Å². The number of ether oxygens (including phenoxy) is 1. The van der Waals surface area contributed by atoms with Crippen LogP contribution in [0.5, 0.6) is 5.75 Å². The number of hydrogen-bond acceptors (Lipinski definition) is 14. The second kappa shape index (κ2) is 44.7. The highest BCUT2D eigenvalue weighted by Gasteiger charge is 2.24. The number of halogens is 5. The van der Waals surface area contributed by atoms with Crippen molar-refractivity contribution in [2.75, 3.05) is 7.11 Å². The Balaban J connectivity index is 0.000000123. The summed E-state index contributed by atoms with van der Waals surface area (Å²) in [6.07, 6.45) is 26.6. The highest BCUT2D eigenvalue weighted by Crippen LogP contribution is 2.32. The highest BCUT2D eigenvalue weighted by atomic mass is 35.5. The zero-order valence-electron chi connectivity index (χ0n) is 76.7. The van der Waals surface area contributed by atoms with E-state index in [-0.39, 0.29) is 41.2 Å². The fraction of sp³-hybridized carbons (Fsp3) is 0.135. The lowest BCUT2D eigenvalue weighted by atomic mass is 9.98. The third-order valence-electron chi connectivity index (χ3n) is 24.4. The van der Waals surface area contributed by atoms with E-state index in [4.69, 9.17) is 44.0 Å². The highest BCUT2D eigenvalue weighted by molar-refractivity contribution is 6.33. The smallest absolute Gasteiger partial charge is 0.353 e. The van der Waals surface area contributed by atoms with E-state index in [1.165, 1.54) is 55.8 Å². The van der Waals surface area contributed by atoms with Gasteiger partial charge in [-0.3, -0.25) is 26.4 Å². The van der Waals surface area contributed by atoms with Crippen LogP contribution in [0.4, 0.5) is 8.78 Å². The molecule has 26 nitrogen and oxygen atoms in total. The summed E-state index contributed by atoms with van der Waals surface area (Å²) in [5.41, 5.74) is 19.3. The number of furan rings is 1. The van der Waals surface area contributed by atoms with Crippen molar-refractivity contribution in [1.82, 2.24) is 56.3 Å². The quantitative estimate of drug-likeness (QED) is 0.0293. The summed E-state index contributed by atoms with van der Waals surface area (Å²) in [4.78, 5) is 94.8. The van der Waals surface area contributed by atoms with Gasteiger partial charge in [-0.1, -0.05) is 180 Å². The molecule has 0 unspecified atom stereocenters. The van der Waals surface area contributed by atoms with E-state index in [1.807, 2.05) is 116 Å². The molecule has 13 aromatic heterocycles. The van der Waals surface area contributed by atoms with E-state index >= 15 is 0 Å². The molecule has 0 radical (unpaired) electrons. The third-order valence-corrected chi connectivity index (χ3v) is 25.2. The second-order valence-corrected chi connectivity index (χ2v) is 34.6. The van der Waals surface area contributed by atoms with Crippen LogP contribution in [-0.2, 0) is 77.0 Å². The van der Waals surface area contributed by atoms with E-state index in [2.05, 4.69) is 103 Å². The maximum Gasteiger partial charge on any atom is 0.353 e. The van der Waals surface area contributed by atoms with Crippen molar-refractivity contribution in [3.8, 4) is 16.9 Å². The molecule has 31 heteroatoms. The Labute approximate surface area is 825 Å². The fourth-order valence-corrected chi connectivity index (χ4v) is 18.1. The Morgan fingerprint density at radius 1 is 0.345 bits per heavy atom. The number of aromatic nitrogens is 12. The van der Waals surface area contributed by atoms with Crippen LogP contribution < -0.4 is 4.74 Å². The maximum atomic E-state index is 14.1. The monoisotopic (exact) mass is 1960 g/mol. The molecule has 0 aliphatic rings. The lowest BCUT2D eigenvalue weighted by Gasteiger charge is -2.11. The Hall–Kier alpha value is -17.0. The van der Waals surface area contributed by atoms with Crippen molar-refractivity contribution >= 4 is 126 Å². The van der Waals surface area contributed by atoms with Crippen LogP contribution >= 0.6 is 34.8 Å². The second-order valence-electron chi connectivity index (χ2n) is 33.3. The predicted octanol–water partition coefficient (Wildman–Crippen LogP) is 23.3. The number of fused-ring (bicyclic) bond motifs is 8. The molecule has 21 aromatic rings. The zero-order chi connectivity index (χ0) is 99.8. The van der Waals surface area contributed by atoms with Gasteiger partial charge in [0.15, 0.2) is 0 Å². The van der Waals surface area contributed by atoms with Crippen molar-refractivity contribution in [2.24, 2.45) is 0 Å². The molecule has 142 heavy (non-hydrogen) atoms. The van der Waals surface area contributed by atoms with Crippen molar-refractivity contribution in [1.29, 1.82) is 0 Å². The SMILES string of the molecule is COc1ccc(Cl)cc1CCc1ccc2nc(C)cn2c1C(=O)O.Cc1ccc(F)c(CCc2ccc3nccn3c2C(=O)O)c1F.O=C(O)c1c(CCc2cc(Cl)ccc2Cl)ccc2nccn12.O=C(O)c1c(CCc2ccc(-c3ccccc3)cc2)ccc2nccn12.O=C(O)c1c(CCc2ccc3occc3c2)ccc2nccn12.O=C(O)c1c(CCc2cccc3ccccc23)ccc2nccn12. The molecule has 714 valence electrons. The third kappa shape index (κ3) is 22.7. The van der Waals surface area contributed by atoms with Crippen LogP contribution in [0, 0.1) is 25.5 Å². The van der Waals surface area contributed by atoms with Crippen LogP contribution in [-0.4, -0.2) is 130 Å². The largest absolute Gasteiger partial charge is 0.496 e. The van der Waals surface area contributed by atoms with Gasteiger partial charge in [0.05, 0.1) is 19.1 Å². The van der Waals surface area contributed by atoms with Crippen LogP contribution in [0.3, 0.4) is 0 Å². The first-order chi connectivity index (χ1) is 68.7. The molecule has 0 saturated heterocycles. The number of carboxylic acids is 6. The summed E-state index contributed by atoms with van der Waals surface area (Å²) in [6.45, 7) is 3.41. The van der Waals surface area contributed by atoms with Gasteiger partial charge >= 0.3 is 35.8 Å². The van der Waals surface area contributed by atoms with Crippen LogP contribution in [0.2, 0.25) is 15.1 Å². The first-order valence-corrected chi connectivity index (χ1v) is 46.2. The van der Waals surface area contributed by atoms with Crippen LogP contribution in [0.1, 0.15) is 141 Å². The van der Waals surface area contributed by atoms with E-state index in [9.17, 15) is 68.2 Å². The van der Waals surface area contributed by atoms with E-state index in [0.29, 0.717) is 116 Å². The summed E-state index contributed by atoms with van der Waals surface area (Å²) >= 11 is 18.2. The Morgan fingerprint density at radius 2 is 0.739 bits per heavy atom. The first kappa shape index (κ1) is 98.1. The summed E-state index contributed by atoms with van der Waals surface area (Å²) in [7, 11) is 1.61. The molecular weight excluding hydrogens is 1870 g/mol. The summed E-state index contributed by atoms with van der Waals surface area (Å²) in [6, 6.07) is 76.3. The number of benzene rings is 8. The topological polar surface area (TPSA) is 350 Å². The molecule has 6 N–H and O–H groups in total. The molecule has 0 aliphatic carbocycles. The van der Waals surface area contributed by atoms with Gasteiger partial charge in [0.2, 0.25) is 0 Å². The first-order valence-electron chi connectivity index (χ1n) is 45.1. The van der Waals surface area contributed by atoms with Crippen molar-refractivity contribution in [2.45, 2.75) is 90.9 Å². The van der Waals surface area contributed by atoms with E-state index in [1.54, 1.807) is 153 Å². The normalized spacial score (nSPS) is 11.1. The predicted molar refractivity (Wildman–Crippen MR) is 540 cm³/mol. The number of imidazole rings is 6. The molecule has 0 aliphatic heterocycles. The van der Waals surface area contributed by atoms with E-state index in [0.717, 1.165) is 86.2 Å². The fourth-order valence-electron chi connectivity index (χ4n) is 17.5. The van der Waals surface area contributed by atoms with Crippen molar-refractivity contribution in [3.63, 3.8) is 0 Å². The Morgan fingerprint density at radius 3 is 1.23 bits per heavy atom. The number of carbonyl (C=O) groups is 6. The standard InChI is InChI=1S/C22H18N2O2.C20H16N2O2.C18H17ClN2O3.C18H14N2O3.C17H14F2N2O2.C16H12Cl2N2O2/c25-22(26)21-19(12-13-20-23-14-15-24(20)21)11-8-16-6-9-18(10-7-16)17-4-2-1-3-5-17;23-20(24)19-16(10-11-18-21-12-13-22(18)19)9-8-15-6-3-5-14-4-1-2-7-17(14)15;1-11-10-21-16(20-11)8-5-12(17(21)18(22)23)3-4-13-9-14(19)6-7-15(13)24-2;21-18(22)17-13(4-6-16-19-8-9-20(16)17)3-1-12-2-5-15-14(11-12)7-10-23-15;1-10-2-6-13(18)12(15(10)19)5-3-11-4-7-14-20-8-9-21(14)16(11)17(22)23;17-12-4-5-13(18)11(9-12)2-1-10-3-6-14-19-7-8-20(14)15(10)16(21)22/h1-7,9-10,12-15H,8,11H2,(H,25,26);1-7,10-13H,8-9H2,(H,23,24);5-10H,3-4H2,1-2H3,(H,22,23);2,4-11H,1,3H2,(H,21,22);2,4,6-9H,3,5H2,1H3,(H,22,23);3-9H,1-2H2,(H,21,22). The molecule has 0 amide bonds. The minimum atomic E-state index is -1.10. The number of carboxylic acid groups (broad SMARTS) is 6. The molecule has 0 saturated carbocycles. The number of hydrogen-bond donors (Lipinski definition) is 6. The molecule has 0 spiro atoms. The minimum Gasteiger partial charge on any atom is -0.496 e. The van der Waals surface area contributed by atoms with Crippen molar-refractivity contribution in [3.05, 3.63) is 456 Å². The van der Waals surface area contributed by atoms with E-state index < -0.39 is 47.5 Å². The van der Waals surface area contributed by atoms with Gasteiger partial charge in [0, 0.05) is 94.2 Å². The average molecular weight is 1960 g/mol. The zero-order valence-corrected chi connectivity index (χ0v) is 79.0. The number of aromatic carboxylic acids is 6. The molecule has 13 heterocycles. The minimum absolute atomic E-state index is 0.0212. The maximum absolute atomic E-state index is 14.1. The number of methoxy groups -OCH3 is 1. The lowest BCUT2D eigenvalue weighted by molar-refractivity contribution is 0.0676. The summed E-state index contributed by atoms with van der Waals surface area (Å²) in [5, 5.41) is 62.6. The lowest BCUT2D eigenvalue weighted by Crippen LogP contribution is -2.11. The number of nitrogens with zero attached hydrogens (tertiary/aromatic N) is 12. The van der Waals surface area contributed by atoms with Crippen LogP contribution in [0.25, 0.3) is 66.8 Å². The van der Waals surface area contributed by atoms with Gasteiger partial charge in [-0.15, -0.1) is 0 Å². The van der Waals surface area contributed by atoms with Crippen LogP contribution in [0.15, 0.2) is 322 Å². The number of aryl methyl sites for hydroxylation is 13. The molecular formula is C111H91Cl3F2N12O14. The van der Waals surface area contributed by atoms with Gasteiger partial charge < -0.3 is 39.8 Å². The Bertz CT molecular complexity index is 8270.